The fourth-order valence-electron chi connectivity index (χ4n) is 2.24. The average molecular weight is 253 g/mol. The fraction of sp³-hybridized carbons (Fsp3) is 0.267. The Morgan fingerprint density at radius 1 is 1.21 bits per heavy atom. The molecule has 4 nitrogen and oxygen atoms in total. The van der Waals surface area contributed by atoms with Crippen molar-refractivity contribution in [3.63, 3.8) is 0 Å². The Labute approximate surface area is 111 Å². The van der Waals surface area contributed by atoms with E-state index in [4.69, 9.17) is 0 Å². The molecule has 0 aliphatic carbocycles. The predicted molar refractivity (Wildman–Crippen MR) is 75.1 cm³/mol. The molecule has 96 valence electrons. The minimum absolute atomic E-state index is 0.0215. The van der Waals surface area contributed by atoms with Crippen LogP contribution in [-0.4, -0.2) is 22.8 Å². The van der Waals surface area contributed by atoms with Crippen molar-refractivity contribution in [1.29, 1.82) is 0 Å². The summed E-state index contributed by atoms with van der Waals surface area (Å²) in [5.74, 6) is 0.570. The molecule has 3 rings (SSSR count). The lowest BCUT2D eigenvalue weighted by atomic mass is 10.2. The molecule has 1 aliphatic heterocycles. The standard InChI is InChI=1S/C15H15N3O/c1-2-5-13-15(19)18-14(17-13)12-9-8-10-6-3-4-7-11(10)16-12/h3-4,6-9,13H,2,5H2,1H3,(H,17,18,19). The van der Waals surface area contributed by atoms with Crippen LogP contribution in [0.25, 0.3) is 10.9 Å². The van der Waals surface area contributed by atoms with Crippen molar-refractivity contribution in [3.05, 3.63) is 42.1 Å². The molecule has 1 atom stereocenters. The van der Waals surface area contributed by atoms with Crippen molar-refractivity contribution in [1.82, 2.24) is 10.3 Å². The van der Waals surface area contributed by atoms with E-state index in [2.05, 4.69) is 22.2 Å². The second-order valence-corrected chi connectivity index (χ2v) is 4.66. The lowest BCUT2D eigenvalue weighted by molar-refractivity contribution is -0.120. The highest BCUT2D eigenvalue weighted by Gasteiger charge is 2.26. The second kappa shape index (κ2) is 4.80. The van der Waals surface area contributed by atoms with Crippen LogP contribution in [0, 0.1) is 0 Å². The molecule has 0 radical (unpaired) electrons. The molecule has 2 heterocycles. The number of carbonyl (C=O) groups is 1. The fourth-order valence-corrected chi connectivity index (χ4v) is 2.24. The van der Waals surface area contributed by atoms with Gasteiger partial charge in [0.25, 0.3) is 0 Å². The number of fused-ring (bicyclic) bond motifs is 1. The van der Waals surface area contributed by atoms with Gasteiger partial charge in [0.05, 0.1) is 5.52 Å². The number of benzene rings is 1. The van der Waals surface area contributed by atoms with Gasteiger partial charge in [0.15, 0.2) is 5.84 Å². The van der Waals surface area contributed by atoms with Crippen LogP contribution in [0.2, 0.25) is 0 Å². The molecule has 1 aromatic heterocycles. The number of pyridine rings is 1. The molecule has 19 heavy (non-hydrogen) atoms. The molecule has 1 aliphatic rings. The van der Waals surface area contributed by atoms with Crippen molar-refractivity contribution < 1.29 is 4.79 Å². The van der Waals surface area contributed by atoms with E-state index in [0.29, 0.717) is 5.84 Å². The van der Waals surface area contributed by atoms with Crippen molar-refractivity contribution in [2.45, 2.75) is 25.8 Å². The summed E-state index contributed by atoms with van der Waals surface area (Å²) in [4.78, 5) is 20.7. The van der Waals surface area contributed by atoms with Gasteiger partial charge in [-0.25, -0.2) is 4.98 Å². The molecule has 0 saturated carbocycles. The molecule has 0 spiro atoms. The van der Waals surface area contributed by atoms with Crippen LogP contribution in [0.15, 0.2) is 41.4 Å². The molecule has 0 saturated heterocycles. The lowest BCUT2D eigenvalue weighted by Gasteiger charge is -2.02. The van der Waals surface area contributed by atoms with Crippen molar-refractivity contribution >= 4 is 22.6 Å². The highest BCUT2D eigenvalue weighted by Crippen LogP contribution is 2.15. The minimum atomic E-state index is -0.256. The maximum Gasteiger partial charge on any atom is 0.250 e. The van der Waals surface area contributed by atoms with Gasteiger partial charge in [-0.2, -0.15) is 0 Å². The number of amides is 1. The van der Waals surface area contributed by atoms with E-state index in [9.17, 15) is 4.79 Å². The van der Waals surface area contributed by atoms with Crippen LogP contribution in [0.4, 0.5) is 0 Å². The van der Waals surface area contributed by atoms with E-state index in [1.54, 1.807) is 0 Å². The number of nitrogens with zero attached hydrogens (tertiary/aromatic N) is 2. The largest absolute Gasteiger partial charge is 0.307 e. The molecule has 1 N–H and O–H groups in total. The van der Waals surface area contributed by atoms with E-state index in [1.807, 2.05) is 36.4 Å². The summed E-state index contributed by atoms with van der Waals surface area (Å²) in [5, 5.41) is 3.90. The number of rotatable bonds is 3. The normalized spacial score (nSPS) is 18.5. The quantitative estimate of drug-likeness (QED) is 0.912. The Balaban J connectivity index is 1.96. The maximum atomic E-state index is 11.8. The van der Waals surface area contributed by atoms with Crippen LogP contribution in [0.5, 0.6) is 0 Å². The molecule has 0 bridgehead atoms. The first-order valence-corrected chi connectivity index (χ1v) is 6.53. The molecule has 1 amide bonds. The van der Waals surface area contributed by atoms with Gasteiger partial charge in [0, 0.05) is 5.39 Å². The van der Waals surface area contributed by atoms with Crippen molar-refractivity contribution in [2.24, 2.45) is 4.99 Å². The van der Waals surface area contributed by atoms with Gasteiger partial charge >= 0.3 is 0 Å². The Kier molecular flexibility index (Phi) is 2.99. The monoisotopic (exact) mass is 253 g/mol. The summed E-state index contributed by atoms with van der Waals surface area (Å²) in [6.07, 6.45) is 1.73. The second-order valence-electron chi connectivity index (χ2n) is 4.66. The van der Waals surface area contributed by atoms with E-state index >= 15 is 0 Å². The molecule has 2 aromatic rings. The summed E-state index contributed by atoms with van der Waals surface area (Å²) < 4.78 is 0. The summed E-state index contributed by atoms with van der Waals surface area (Å²) in [5.41, 5.74) is 1.64. The summed E-state index contributed by atoms with van der Waals surface area (Å²) in [6.45, 7) is 2.05. The third-order valence-corrected chi connectivity index (χ3v) is 3.23. The Morgan fingerprint density at radius 2 is 2.05 bits per heavy atom. The Hall–Kier alpha value is -2.23. The molecular formula is C15H15N3O. The average Bonchev–Trinajstić information content (AvgIpc) is 2.80. The number of aromatic nitrogens is 1. The number of aliphatic imine (C=N–C) groups is 1. The summed E-state index contributed by atoms with van der Waals surface area (Å²) in [6, 6.07) is 11.5. The van der Waals surface area contributed by atoms with Crippen LogP contribution in [0.1, 0.15) is 25.5 Å². The molecule has 0 fully saturated rings. The zero-order valence-electron chi connectivity index (χ0n) is 10.8. The van der Waals surface area contributed by atoms with Crippen LogP contribution in [0.3, 0.4) is 0 Å². The molecule has 1 unspecified atom stereocenters. The number of para-hydroxylation sites is 1. The number of nitrogens with one attached hydrogen (secondary N) is 1. The Morgan fingerprint density at radius 3 is 2.89 bits per heavy atom. The SMILES string of the molecule is CCCC1N=C(c2ccc3ccccc3n2)NC1=O. The van der Waals surface area contributed by atoms with E-state index in [1.165, 1.54) is 0 Å². The smallest absolute Gasteiger partial charge is 0.250 e. The van der Waals surface area contributed by atoms with Crippen molar-refractivity contribution in [3.8, 4) is 0 Å². The van der Waals surface area contributed by atoms with Crippen LogP contribution in [-0.2, 0) is 4.79 Å². The zero-order chi connectivity index (χ0) is 13.2. The first-order chi connectivity index (χ1) is 9.28. The lowest BCUT2D eigenvalue weighted by Crippen LogP contribution is -2.29. The van der Waals surface area contributed by atoms with E-state index in [-0.39, 0.29) is 11.9 Å². The number of hydrogen-bond acceptors (Lipinski definition) is 3. The van der Waals surface area contributed by atoms with Gasteiger partial charge < -0.3 is 5.32 Å². The summed E-state index contributed by atoms with van der Waals surface area (Å²) >= 11 is 0. The van der Waals surface area contributed by atoms with Gasteiger partial charge in [-0.3, -0.25) is 9.79 Å². The van der Waals surface area contributed by atoms with Crippen LogP contribution >= 0.6 is 0 Å². The third kappa shape index (κ3) is 2.21. The third-order valence-electron chi connectivity index (χ3n) is 3.23. The van der Waals surface area contributed by atoms with Gasteiger partial charge in [0.1, 0.15) is 11.7 Å². The Bertz CT molecular complexity index is 663. The molecular weight excluding hydrogens is 238 g/mol. The van der Waals surface area contributed by atoms with Crippen LogP contribution < -0.4 is 5.32 Å². The maximum absolute atomic E-state index is 11.8. The molecule has 1 aromatic carbocycles. The van der Waals surface area contributed by atoms with Gasteiger partial charge in [-0.1, -0.05) is 37.6 Å². The number of hydrogen-bond donors (Lipinski definition) is 1. The van der Waals surface area contributed by atoms with Gasteiger partial charge in [-0.05, 0) is 18.6 Å². The van der Waals surface area contributed by atoms with Gasteiger partial charge in [-0.15, -0.1) is 0 Å². The topological polar surface area (TPSA) is 54.4 Å². The van der Waals surface area contributed by atoms with E-state index < -0.39 is 0 Å². The first-order valence-electron chi connectivity index (χ1n) is 6.53. The zero-order valence-corrected chi connectivity index (χ0v) is 10.8. The predicted octanol–water partition coefficient (Wildman–Crippen LogP) is 2.28. The molecule has 4 heteroatoms. The number of amidine groups is 1. The minimum Gasteiger partial charge on any atom is -0.307 e. The highest BCUT2D eigenvalue weighted by molar-refractivity contribution is 6.13. The number of carbonyl (C=O) groups excluding carboxylic acids is 1. The van der Waals surface area contributed by atoms with Gasteiger partial charge in [0.2, 0.25) is 5.91 Å². The van der Waals surface area contributed by atoms with E-state index in [0.717, 1.165) is 29.4 Å². The highest BCUT2D eigenvalue weighted by atomic mass is 16.2. The van der Waals surface area contributed by atoms with Crippen molar-refractivity contribution in [2.75, 3.05) is 0 Å². The first kappa shape index (κ1) is 11.8. The summed E-state index contributed by atoms with van der Waals surface area (Å²) in [7, 11) is 0.